The van der Waals surface area contributed by atoms with E-state index in [2.05, 4.69) is 5.32 Å². The molecule has 1 aliphatic carbocycles. The molecular formula is C11H13NO2. The van der Waals surface area contributed by atoms with Crippen LogP contribution in [0, 0.1) is 6.92 Å². The van der Waals surface area contributed by atoms with Crippen molar-refractivity contribution in [2.24, 2.45) is 0 Å². The minimum absolute atomic E-state index is 0.211. The van der Waals surface area contributed by atoms with E-state index in [1.807, 2.05) is 19.1 Å². The number of allylic oxidation sites excluding steroid dienone is 2. The molecule has 1 aromatic heterocycles. The molecule has 0 saturated heterocycles. The highest BCUT2D eigenvalue weighted by atomic mass is 16.3. The standard InChI is InChI=1S/C11H13NO2/c1-8-2-5-11(14-8)7-12-9-3-4-10(13)6-9/h2,5-6,12H,3-4,7H2,1H3. The molecule has 0 unspecified atom stereocenters. The lowest BCUT2D eigenvalue weighted by atomic mass is 10.3. The lowest BCUT2D eigenvalue weighted by molar-refractivity contribution is -0.114. The van der Waals surface area contributed by atoms with E-state index in [-0.39, 0.29) is 5.78 Å². The van der Waals surface area contributed by atoms with Gasteiger partial charge >= 0.3 is 0 Å². The Kier molecular flexibility index (Phi) is 2.39. The van der Waals surface area contributed by atoms with E-state index in [4.69, 9.17) is 4.42 Å². The molecule has 0 spiro atoms. The summed E-state index contributed by atoms with van der Waals surface area (Å²) in [7, 11) is 0. The van der Waals surface area contributed by atoms with Crippen LogP contribution in [0.25, 0.3) is 0 Å². The van der Waals surface area contributed by atoms with E-state index in [1.54, 1.807) is 6.08 Å². The van der Waals surface area contributed by atoms with E-state index < -0.39 is 0 Å². The normalized spacial score (nSPS) is 15.8. The van der Waals surface area contributed by atoms with Gasteiger partial charge in [-0.2, -0.15) is 0 Å². The quantitative estimate of drug-likeness (QED) is 0.793. The molecule has 0 amide bonds. The fourth-order valence-electron chi connectivity index (χ4n) is 1.52. The maximum atomic E-state index is 10.9. The molecule has 0 aromatic carbocycles. The zero-order valence-corrected chi connectivity index (χ0v) is 8.17. The van der Waals surface area contributed by atoms with Crippen molar-refractivity contribution in [2.45, 2.75) is 26.3 Å². The predicted molar refractivity (Wildman–Crippen MR) is 52.6 cm³/mol. The molecule has 0 atom stereocenters. The van der Waals surface area contributed by atoms with E-state index >= 15 is 0 Å². The van der Waals surface area contributed by atoms with Gasteiger partial charge in [0.25, 0.3) is 0 Å². The predicted octanol–water partition coefficient (Wildman–Crippen LogP) is 1.92. The summed E-state index contributed by atoms with van der Waals surface area (Å²) in [5, 5.41) is 3.19. The van der Waals surface area contributed by atoms with E-state index in [0.29, 0.717) is 13.0 Å². The molecule has 74 valence electrons. The van der Waals surface area contributed by atoms with Crippen molar-refractivity contribution in [1.29, 1.82) is 0 Å². The summed E-state index contributed by atoms with van der Waals surface area (Å²) in [5.74, 6) is 2.03. The Morgan fingerprint density at radius 1 is 1.43 bits per heavy atom. The highest BCUT2D eigenvalue weighted by Gasteiger charge is 2.11. The Morgan fingerprint density at radius 3 is 2.86 bits per heavy atom. The largest absolute Gasteiger partial charge is 0.465 e. The van der Waals surface area contributed by atoms with Gasteiger partial charge in [0.15, 0.2) is 5.78 Å². The first-order valence-electron chi connectivity index (χ1n) is 4.76. The van der Waals surface area contributed by atoms with Crippen molar-refractivity contribution in [3.8, 4) is 0 Å². The van der Waals surface area contributed by atoms with Gasteiger partial charge in [0.2, 0.25) is 0 Å². The van der Waals surface area contributed by atoms with Crippen LogP contribution in [-0.4, -0.2) is 5.78 Å². The number of hydrogen-bond donors (Lipinski definition) is 1. The van der Waals surface area contributed by atoms with Crippen LogP contribution in [0.2, 0.25) is 0 Å². The summed E-state index contributed by atoms with van der Waals surface area (Å²) in [6.45, 7) is 2.58. The van der Waals surface area contributed by atoms with Gasteiger partial charge < -0.3 is 9.73 Å². The van der Waals surface area contributed by atoms with Crippen LogP contribution in [0.3, 0.4) is 0 Å². The van der Waals surface area contributed by atoms with Crippen molar-refractivity contribution in [2.75, 3.05) is 0 Å². The van der Waals surface area contributed by atoms with Crippen LogP contribution < -0.4 is 5.32 Å². The molecule has 0 saturated carbocycles. The van der Waals surface area contributed by atoms with Crippen LogP contribution >= 0.6 is 0 Å². The molecule has 14 heavy (non-hydrogen) atoms. The smallest absolute Gasteiger partial charge is 0.157 e. The van der Waals surface area contributed by atoms with Gasteiger partial charge in [0.05, 0.1) is 6.54 Å². The summed E-state index contributed by atoms with van der Waals surface area (Å²) < 4.78 is 5.40. The molecular weight excluding hydrogens is 178 g/mol. The zero-order valence-electron chi connectivity index (χ0n) is 8.17. The molecule has 1 aromatic rings. The van der Waals surface area contributed by atoms with Gasteiger partial charge in [-0.1, -0.05) is 0 Å². The average Bonchev–Trinajstić information content (AvgIpc) is 2.72. The molecule has 2 rings (SSSR count). The lowest BCUT2D eigenvalue weighted by Crippen LogP contribution is -2.10. The van der Waals surface area contributed by atoms with Gasteiger partial charge in [0.1, 0.15) is 11.5 Å². The summed E-state index contributed by atoms with van der Waals surface area (Å²) in [6.07, 6.45) is 3.15. The van der Waals surface area contributed by atoms with Crippen LogP contribution in [0.4, 0.5) is 0 Å². The number of ketones is 1. The molecule has 0 radical (unpaired) electrons. The van der Waals surface area contributed by atoms with Crippen LogP contribution in [0.15, 0.2) is 28.3 Å². The third-order valence-corrected chi connectivity index (χ3v) is 2.26. The highest BCUT2D eigenvalue weighted by Crippen LogP contribution is 2.13. The van der Waals surface area contributed by atoms with Crippen molar-refractivity contribution < 1.29 is 9.21 Å². The van der Waals surface area contributed by atoms with E-state index in [9.17, 15) is 4.79 Å². The Hall–Kier alpha value is -1.51. The summed E-state index contributed by atoms with van der Waals surface area (Å²) in [6, 6.07) is 3.88. The van der Waals surface area contributed by atoms with Crippen molar-refractivity contribution in [1.82, 2.24) is 5.32 Å². The van der Waals surface area contributed by atoms with Crippen molar-refractivity contribution in [3.05, 3.63) is 35.4 Å². The fourth-order valence-corrected chi connectivity index (χ4v) is 1.52. The third-order valence-electron chi connectivity index (χ3n) is 2.26. The second-order valence-electron chi connectivity index (χ2n) is 3.50. The van der Waals surface area contributed by atoms with Crippen molar-refractivity contribution >= 4 is 5.78 Å². The first-order chi connectivity index (χ1) is 6.74. The minimum Gasteiger partial charge on any atom is -0.465 e. The molecule has 1 aliphatic rings. The first kappa shape index (κ1) is 9.06. The molecule has 1 heterocycles. The van der Waals surface area contributed by atoms with Crippen molar-refractivity contribution in [3.63, 3.8) is 0 Å². The van der Waals surface area contributed by atoms with Gasteiger partial charge in [-0.05, 0) is 25.5 Å². The fraction of sp³-hybridized carbons (Fsp3) is 0.364. The highest BCUT2D eigenvalue weighted by molar-refractivity contribution is 5.92. The number of hydrogen-bond acceptors (Lipinski definition) is 3. The first-order valence-corrected chi connectivity index (χ1v) is 4.76. The number of rotatable bonds is 3. The monoisotopic (exact) mass is 191 g/mol. The number of aryl methyl sites for hydroxylation is 1. The topological polar surface area (TPSA) is 42.2 Å². The third kappa shape index (κ3) is 2.05. The maximum absolute atomic E-state index is 10.9. The second-order valence-corrected chi connectivity index (χ2v) is 3.50. The second kappa shape index (κ2) is 3.70. The Bertz CT molecular complexity index is 376. The van der Waals surface area contributed by atoms with Crippen LogP contribution in [0.5, 0.6) is 0 Å². The Labute approximate surface area is 82.8 Å². The lowest BCUT2D eigenvalue weighted by Gasteiger charge is -2.03. The Balaban J connectivity index is 1.89. The van der Waals surface area contributed by atoms with Gasteiger partial charge in [-0.15, -0.1) is 0 Å². The SMILES string of the molecule is Cc1ccc(CNC2=CC(=O)CC2)o1. The number of carbonyl (C=O) groups is 1. The van der Waals surface area contributed by atoms with E-state index in [0.717, 1.165) is 23.6 Å². The molecule has 1 N–H and O–H groups in total. The van der Waals surface area contributed by atoms with Crippen LogP contribution in [-0.2, 0) is 11.3 Å². The maximum Gasteiger partial charge on any atom is 0.157 e. The number of nitrogens with one attached hydrogen (secondary N) is 1. The zero-order chi connectivity index (χ0) is 9.97. The number of furan rings is 1. The molecule has 0 bridgehead atoms. The molecule has 3 heteroatoms. The summed E-state index contributed by atoms with van der Waals surface area (Å²) >= 11 is 0. The average molecular weight is 191 g/mol. The van der Waals surface area contributed by atoms with Gasteiger partial charge in [0, 0.05) is 18.2 Å². The number of carbonyl (C=O) groups excluding carboxylic acids is 1. The summed E-state index contributed by atoms with van der Waals surface area (Å²) in [5.41, 5.74) is 1.02. The van der Waals surface area contributed by atoms with Gasteiger partial charge in [-0.25, -0.2) is 0 Å². The molecule has 0 aliphatic heterocycles. The van der Waals surface area contributed by atoms with E-state index in [1.165, 1.54) is 0 Å². The summed E-state index contributed by atoms with van der Waals surface area (Å²) in [4.78, 5) is 10.9. The minimum atomic E-state index is 0.211. The Morgan fingerprint density at radius 2 is 2.29 bits per heavy atom. The van der Waals surface area contributed by atoms with Gasteiger partial charge in [-0.3, -0.25) is 4.79 Å². The van der Waals surface area contributed by atoms with Crippen LogP contribution in [0.1, 0.15) is 24.4 Å². The molecule has 0 fully saturated rings. The molecule has 3 nitrogen and oxygen atoms in total.